The van der Waals surface area contributed by atoms with Crippen LogP contribution in [0.4, 0.5) is 5.69 Å². The van der Waals surface area contributed by atoms with E-state index in [9.17, 15) is 9.59 Å². The van der Waals surface area contributed by atoms with Gasteiger partial charge < -0.3 is 0 Å². The lowest BCUT2D eigenvalue weighted by Gasteiger charge is -1.96. The van der Waals surface area contributed by atoms with Crippen LogP contribution >= 0.6 is 0 Å². The monoisotopic (exact) mass is 250 g/mol. The van der Waals surface area contributed by atoms with E-state index in [-0.39, 0.29) is 16.2 Å². The lowest BCUT2D eigenvalue weighted by atomic mass is 10.2. The molecule has 3 rings (SSSR count). The minimum atomic E-state index is -0.330. The topological polar surface area (TPSA) is 58.5 Å². The van der Waals surface area contributed by atoms with Gasteiger partial charge >= 0.3 is 0 Å². The fourth-order valence-electron chi connectivity index (χ4n) is 1.97. The third-order valence-electron chi connectivity index (χ3n) is 2.92. The number of anilines is 1. The molecule has 0 amide bonds. The van der Waals surface area contributed by atoms with Gasteiger partial charge in [0.05, 0.1) is 5.69 Å². The van der Waals surface area contributed by atoms with Gasteiger partial charge in [0.1, 0.15) is 0 Å². The second-order valence-electron chi connectivity index (χ2n) is 4.14. The molecule has 0 aliphatic carbocycles. The normalized spacial score (nSPS) is 10.5. The van der Waals surface area contributed by atoms with Gasteiger partial charge in [0.25, 0.3) is 0 Å². The highest BCUT2D eigenvalue weighted by atomic mass is 16.1. The molecule has 0 heterocycles. The molecule has 0 saturated carbocycles. The van der Waals surface area contributed by atoms with E-state index in [0.29, 0.717) is 10.8 Å². The van der Waals surface area contributed by atoms with E-state index in [4.69, 9.17) is 0 Å². The van der Waals surface area contributed by atoms with Crippen molar-refractivity contribution in [1.29, 1.82) is 0 Å². The van der Waals surface area contributed by atoms with Gasteiger partial charge in [-0.1, -0.05) is 42.5 Å². The first kappa shape index (κ1) is 11.3. The Morgan fingerprint density at radius 3 is 1.84 bits per heavy atom. The number of nitrogens with one attached hydrogen (secondary N) is 1. The van der Waals surface area contributed by atoms with Crippen molar-refractivity contribution < 1.29 is 0 Å². The average Bonchev–Trinajstić information content (AvgIpc) is 2.71. The van der Waals surface area contributed by atoms with E-state index in [1.165, 1.54) is 0 Å². The Kier molecular flexibility index (Phi) is 2.68. The standard InChI is InChI=1S/C15H10N2O2/c18-14-11-8-4-5-9-12(11)15(19)13(14)17-16-10-6-2-1-3-7-10/h1-9,16H. The molecule has 4 heteroatoms. The minimum Gasteiger partial charge on any atom is -0.287 e. The second-order valence-corrected chi connectivity index (χ2v) is 4.14. The molecular weight excluding hydrogens is 240 g/mol. The maximum atomic E-state index is 12.0. The minimum absolute atomic E-state index is 0.0648. The summed E-state index contributed by atoms with van der Waals surface area (Å²) in [7, 11) is 0. The molecule has 4 nitrogen and oxygen atoms in total. The van der Waals surface area contributed by atoms with E-state index < -0.39 is 0 Å². The van der Waals surface area contributed by atoms with Gasteiger partial charge in [-0.15, -0.1) is 0 Å². The quantitative estimate of drug-likeness (QED) is 0.699. The Morgan fingerprint density at radius 2 is 1.26 bits per heavy atom. The maximum Gasteiger partial charge on any atom is 0.217 e. The van der Waals surface area contributed by atoms with Gasteiger partial charge in [-0.05, 0) is 12.1 Å². The van der Waals surface area contributed by atoms with E-state index >= 15 is 0 Å². The van der Waals surface area contributed by atoms with Gasteiger partial charge in [-0.2, -0.15) is 5.10 Å². The molecule has 92 valence electrons. The van der Waals surface area contributed by atoms with Crippen LogP contribution in [0.25, 0.3) is 10.8 Å². The number of para-hydroxylation sites is 1. The van der Waals surface area contributed by atoms with Gasteiger partial charge in [0, 0.05) is 10.8 Å². The van der Waals surface area contributed by atoms with Crippen LogP contribution in [0.1, 0.15) is 0 Å². The van der Waals surface area contributed by atoms with Crippen molar-refractivity contribution in [2.75, 3.05) is 5.43 Å². The summed E-state index contributed by atoms with van der Waals surface area (Å²) in [6.07, 6.45) is 0. The molecule has 0 aliphatic rings. The molecule has 1 N–H and O–H groups in total. The SMILES string of the molecule is O=c1c(=NNc2ccccc2)c(=O)c2ccccc12. The van der Waals surface area contributed by atoms with E-state index in [0.717, 1.165) is 5.69 Å². The Balaban J connectivity index is 2.16. The number of rotatable bonds is 2. The molecule has 3 aromatic rings. The van der Waals surface area contributed by atoms with Crippen LogP contribution in [0.5, 0.6) is 0 Å². The summed E-state index contributed by atoms with van der Waals surface area (Å²) in [5.74, 6) is 0. The molecular formula is C15H10N2O2. The highest BCUT2D eigenvalue weighted by molar-refractivity contribution is 5.83. The molecule has 0 aliphatic heterocycles. The van der Waals surface area contributed by atoms with Crippen molar-refractivity contribution in [2.45, 2.75) is 0 Å². The molecule has 0 saturated heterocycles. The molecule has 3 aromatic carbocycles. The second kappa shape index (κ2) is 4.49. The summed E-state index contributed by atoms with van der Waals surface area (Å²) in [5, 5.41) is 4.71. The highest BCUT2D eigenvalue weighted by Crippen LogP contribution is 2.04. The van der Waals surface area contributed by atoms with Crippen LogP contribution in [-0.4, -0.2) is 0 Å². The smallest absolute Gasteiger partial charge is 0.217 e. The number of fused-ring (bicyclic) bond motifs is 1. The van der Waals surface area contributed by atoms with Crippen molar-refractivity contribution in [3.05, 3.63) is 80.4 Å². The summed E-state index contributed by atoms with van der Waals surface area (Å²) >= 11 is 0. The largest absolute Gasteiger partial charge is 0.287 e. The molecule has 0 fully saturated rings. The predicted molar refractivity (Wildman–Crippen MR) is 74.5 cm³/mol. The van der Waals surface area contributed by atoms with Crippen LogP contribution in [0.2, 0.25) is 0 Å². The van der Waals surface area contributed by atoms with Crippen LogP contribution in [0.3, 0.4) is 0 Å². The van der Waals surface area contributed by atoms with Crippen molar-refractivity contribution >= 4 is 16.5 Å². The first-order valence-corrected chi connectivity index (χ1v) is 5.84. The zero-order valence-corrected chi connectivity index (χ0v) is 9.96. The number of hydrogen-bond acceptors (Lipinski definition) is 4. The van der Waals surface area contributed by atoms with E-state index in [1.54, 1.807) is 36.4 Å². The highest BCUT2D eigenvalue weighted by Gasteiger charge is 2.09. The van der Waals surface area contributed by atoms with Crippen molar-refractivity contribution in [3.8, 4) is 0 Å². The zero-order valence-electron chi connectivity index (χ0n) is 9.96. The summed E-state index contributed by atoms with van der Waals surface area (Å²) < 4.78 is 0. The molecule has 0 bridgehead atoms. The third kappa shape index (κ3) is 1.93. The van der Waals surface area contributed by atoms with Crippen LogP contribution < -0.4 is 21.6 Å². The number of hydrogen-bond donors (Lipinski definition) is 1. The summed E-state index contributed by atoms with van der Waals surface area (Å²) in [4.78, 5) is 24.1. The third-order valence-corrected chi connectivity index (χ3v) is 2.92. The predicted octanol–water partition coefficient (Wildman–Crippen LogP) is 1.36. The molecule has 0 atom stereocenters. The molecule has 19 heavy (non-hydrogen) atoms. The Bertz CT molecular complexity index is 826. The van der Waals surface area contributed by atoms with Gasteiger partial charge in [-0.3, -0.25) is 15.0 Å². The first-order valence-electron chi connectivity index (χ1n) is 5.84. The number of nitrogens with zero attached hydrogens (tertiary/aromatic N) is 1. The van der Waals surface area contributed by atoms with Crippen molar-refractivity contribution in [3.63, 3.8) is 0 Å². The molecule has 0 radical (unpaired) electrons. The zero-order chi connectivity index (χ0) is 13.2. The fraction of sp³-hybridized carbons (Fsp3) is 0. The van der Waals surface area contributed by atoms with Crippen LogP contribution in [0.15, 0.2) is 69.3 Å². The van der Waals surface area contributed by atoms with E-state index in [1.807, 2.05) is 18.2 Å². The molecule has 0 unspecified atom stereocenters. The fourth-order valence-corrected chi connectivity index (χ4v) is 1.97. The Labute approximate surface area is 108 Å². The van der Waals surface area contributed by atoms with Gasteiger partial charge in [-0.25, -0.2) is 0 Å². The van der Waals surface area contributed by atoms with Crippen LogP contribution in [0, 0.1) is 0 Å². The average molecular weight is 250 g/mol. The van der Waals surface area contributed by atoms with Gasteiger partial charge in [0.2, 0.25) is 10.9 Å². The Morgan fingerprint density at radius 1 is 0.737 bits per heavy atom. The van der Waals surface area contributed by atoms with Crippen molar-refractivity contribution in [2.24, 2.45) is 5.10 Å². The van der Waals surface area contributed by atoms with Gasteiger partial charge in [0.15, 0.2) is 5.36 Å². The Hall–Kier alpha value is -2.75. The lowest BCUT2D eigenvalue weighted by Crippen LogP contribution is -2.32. The number of benzene rings is 2. The molecule has 0 spiro atoms. The van der Waals surface area contributed by atoms with E-state index in [2.05, 4.69) is 10.5 Å². The lowest BCUT2D eigenvalue weighted by molar-refractivity contribution is 1.20. The summed E-state index contributed by atoms with van der Waals surface area (Å²) in [6, 6.07) is 15.9. The molecule has 0 aromatic heterocycles. The van der Waals surface area contributed by atoms with Crippen molar-refractivity contribution in [1.82, 2.24) is 0 Å². The summed E-state index contributed by atoms with van der Waals surface area (Å²) in [6.45, 7) is 0. The maximum absolute atomic E-state index is 12.0. The summed E-state index contributed by atoms with van der Waals surface area (Å²) in [5.41, 5.74) is 2.80. The first-order chi connectivity index (χ1) is 9.27. The van der Waals surface area contributed by atoms with Crippen LogP contribution in [-0.2, 0) is 0 Å².